The summed E-state index contributed by atoms with van der Waals surface area (Å²) in [6.45, 7) is 5.06. The molecule has 0 atom stereocenters. The maximum absolute atomic E-state index is 11.5. The number of hydrogen-bond acceptors (Lipinski definition) is 4. The molecule has 74 valence electrons. The van der Waals surface area contributed by atoms with E-state index in [1.54, 1.807) is 20.8 Å². The van der Waals surface area contributed by atoms with Crippen LogP contribution >= 0.6 is 0 Å². The third kappa shape index (κ3) is 2.28. The molecule has 6 heteroatoms. The van der Waals surface area contributed by atoms with Crippen LogP contribution in [0.1, 0.15) is 19.6 Å². The highest BCUT2D eigenvalue weighted by atomic mass is 32.2. The van der Waals surface area contributed by atoms with Gasteiger partial charge < -0.3 is 4.52 Å². The topological polar surface area (TPSA) is 72.2 Å². The van der Waals surface area contributed by atoms with Gasteiger partial charge in [0.05, 0.1) is 6.20 Å². The smallest absolute Gasteiger partial charge is 0.245 e. The average Bonchev–Trinajstić information content (AvgIpc) is 2.32. The molecule has 0 saturated heterocycles. The quantitative estimate of drug-likeness (QED) is 0.785. The molecule has 1 heterocycles. The van der Waals surface area contributed by atoms with Crippen molar-refractivity contribution in [3.63, 3.8) is 0 Å². The van der Waals surface area contributed by atoms with Gasteiger partial charge in [-0.1, -0.05) is 5.16 Å². The maximum atomic E-state index is 11.5. The predicted molar refractivity (Wildman–Crippen MR) is 46.7 cm³/mol. The molecule has 0 saturated carbocycles. The van der Waals surface area contributed by atoms with Crippen molar-refractivity contribution < 1.29 is 12.9 Å². The summed E-state index contributed by atoms with van der Waals surface area (Å²) < 4.78 is 30.1. The van der Waals surface area contributed by atoms with Crippen LogP contribution in [0.2, 0.25) is 0 Å². The first-order valence-corrected chi connectivity index (χ1v) is 5.35. The normalized spacial score (nSPS) is 12.3. The molecule has 1 aromatic heterocycles. The lowest BCUT2D eigenvalue weighted by molar-refractivity contribution is 0.394. The Hall–Kier alpha value is -0.880. The van der Waals surface area contributed by atoms with Gasteiger partial charge in [0.25, 0.3) is 0 Å². The molecule has 0 aliphatic heterocycles. The third-order valence-corrected chi connectivity index (χ3v) is 3.14. The zero-order valence-electron chi connectivity index (χ0n) is 7.73. The number of nitrogens with zero attached hydrogens (tertiary/aromatic N) is 1. The van der Waals surface area contributed by atoms with Crippen LogP contribution in [-0.2, 0) is 10.0 Å². The van der Waals surface area contributed by atoms with Crippen molar-refractivity contribution >= 4 is 10.0 Å². The van der Waals surface area contributed by atoms with Gasteiger partial charge in [0.2, 0.25) is 10.0 Å². The van der Waals surface area contributed by atoms with E-state index in [4.69, 9.17) is 0 Å². The fraction of sp³-hybridized carbons (Fsp3) is 0.571. The summed E-state index contributed by atoms with van der Waals surface area (Å²) in [7, 11) is -3.45. The Morgan fingerprint density at radius 1 is 1.54 bits per heavy atom. The maximum Gasteiger partial charge on any atom is 0.245 e. The van der Waals surface area contributed by atoms with Gasteiger partial charge in [0, 0.05) is 6.04 Å². The first-order chi connectivity index (χ1) is 5.93. The first kappa shape index (κ1) is 10.2. The number of nitrogens with one attached hydrogen (secondary N) is 1. The summed E-state index contributed by atoms with van der Waals surface area (Å²) in [5.41, 5.74) is 0. The van der Waals surface area contributed by atoms with Gasteiger partial charge in [0.15, 0.2) is 5.76 Å². The monoisotopic (exact) mass is 204 g/mol. The van der Waals surface area contributed by atoms with Crippen LogP contribution in [0.25, 0.3) is 0 Å². The van der Waals surface area contributed by atoms with E-state index in [0.29, 0.717) is 5.76 Å². The molecule has 1 aromatic rings. The van der Waals surface area contributed by atoms with E-state index in [9.17, 15) is 8.42 Å². The molecule has 0 bridgehead atoms. The highest BCUT2D eigenvalue weighted by Gasteiger charge is 2.20. The second-order valence-corrected chi connectivity index (χ2v) is 4.70. The molecule has 5 nitrogen and oxygen atoms in total. The summed E-state index contributed by atoms with van der Waals surface area (Å²) in [4.78, 5) is 0.0983. The Balaban J connectivity index is 3.02. The highest BCUT2D eigenvalue weighted by Crippen LogP contribution is 2.13. The van der Waals surface area contributed by atoms with Gasteiger partial charge >= 0.3 is 0 Å². The molecule has 0 unspecified atom stereocenters. The molecule has 0 spiro atoms. The zero-order chi connectivity index (χ0) is 10.1. The summed E-state index contributed by atoms with van der Waals surface area (Å²) >= 11 is 0. The van der Waals surface area contributed by atoms with Crippen molar-refractivity contribution in [3.8, 4) is 0 Å². The van der Waals surface area contributed by atoms with Crippen LogP contribution in [0.3, 0.4) is 0 Å². The van der Waals surface area contributed by atoms with Crippen molar-refractivity contribution in [2.45, 2.75) is 31.7 Å². The lowest BCUT2D eigenvalue weighted by Gasteiger charge is -2.07. The lowest BCUT2D eigenvalue weighted by atomic mass is 10.4. The van der Waals surface area contributed by atoms with Crippen molar-refractivity contribution in [2.24, 2.45) is 0 Å². The minimum Gasteiger partial charge on any atom is -0.360 e. The highest BCUT2D eigenvalue weighted by molar-refractivity contribution is 7.89. The number of rotatable bonds is 3. The number of aromatic nitrogens is 1. The molecule has 0 radical (unpaired) electrons. The molecule has 0 aliphatic carbocycles. The Bertz CT molecular complexity index is 380. The van der Waals surface area contributed by atoms with Gasteiger partial charge in [-0.05, 0) is 20.8 Å². The molecule has 0 amide bonds. The van der Waals surface area contributed by atoms with Gasteiger partial charge in [-0.25, -0.2) is 13.1 Å². The average molecular weight is 204 g/mol. The summed E-state index contributed by atoms with van der Waals surface area (Å²) in [5, 5.41) is 3.40. The Labute approximate surface area is 77.2 Å². The Kier molecular flexibility index (Phi) is 2.72. The Morgan fingerprint density at radius 2 is 2.15 bits per heavy atom. The fourth-order valence-corrected chi connectivity index (χ4v) is 2.27. The molecule has 0 aromatic carbocycles. The predicted octanol–water partition coefficient (Wildman–Crippen LogP) is 0.670. The summed E-state index contributed by atoms with van der Waals surface area (Å²) in [6.07, 6.45) is 1.19. The largest absolute Gasteiger partial charge is 0.360 e. The van der Waals surface area contributed by atoms with Crippen LogP contribution in [0.4, 0.5) is 0 Å². The summed E-state index contributed by atoms with van der Waals surface area (Å²) in [6, 6.07) is -0.140. The zero-order valence-corrected chi connectivity index (χ0v) is 8.55. The van der Waals surface area contributed by atoms with E-state index < -0.39 is 10.0 Å². The van der Waals surface area contributed by atoms with E-state index in [1.165, 1.54) is 6.20 Å². The molecular weight excluding hydrogens is 192 g/mol. The molecule has 0 fully saturated rings. The van der Waals surface area contributed by atoms with Gasteiger partial charge in [-0.15, -0.1) is 0 Å². The lowest BCUT2D eigenvalue weighted by Crippen LogP contribution is -2.30. The molecule has 1 rings (SSSR count). The van der Waals surface area contributed by atoms with Crippen LogP contribution in [-0.4, -0.2) is 19.6 Å². The molecular formula is C7H12N2O3S. The van der Waals surface area contributed by atoms with E-state index in [0.717, 1.165) is 0 Å². The van der Waals surface area contributed by atoms with Crippen LogP contribution in [0.5, 0.6) is 0 Å². The first-order valence-electron chi connectivity index (χ1n) is 3.87. The fourth-order valence-electron chi connectivity index (χ4n) is 0.922. The van der Waals surface area contributed by atoms with E-state index in [2.05, 4.69) is 14.4 Å². The number of sulfonamides is 1. The second-order valence-electron chi connectivity index (χ2n) is 3.02. The van der Waals surface area contributed by atoms with Crippen LogP contribution in [0.15, 0.2) is 15.6 Å². The van der Waals surface area contributed by atoms with Gasteiger partial charge in [-0.3, -0.25) is 0 Å². The van der Waals surface area contributed by atoms with Crippen molar-refractivity contribution in [2.75, 3.05) is 0 Å². The van der Waals surface area contributed by atoms with Gasteiger partial charge in [-0.2, -0.15) is 0 Å². The van der Waals surface area contributed by atoms with E-state index in [-0.39, 0.29) is 10.9 Å². The van der Waals surface area contributed by atoms with Crippen LogP contribution < -0.4 is 4.72 Å². The standard InChI is InChI=1S/C7H12N2O3S/c1-5(2)9-13(10,11)7-4-8-12-6(7)3/h4-5,9H,1-3H3. The van der Waals surface area contributed by atoms with Crippen LogP contribution in [0, 0.1) is 6.92 Å². The third-order valence-electron chi connectivity index (χ3n) is 1.39. The van der Waals surface area contributed by atoms with E-state index in [1.807, 2.05) is 0 Å². The van der Waals surface area contributed by atoms with Crippen molar-refractivity contribution in [1.82, 2.24) is 9.88 Å². The minimum atomic E-state index is -3.45. The van der Waals surface area contributed by atoms with Crippen molar-refractivity contribution in [3.05, 3.63) is 12.0 Å². The second kappa shape index (κ2) is 3.47. The van der Waals surface area contributed by atoms with Gasteiger partial charge in [0.1, 0.15) is 4.90 Å². The SMILES string of the molecule is Cc1oncc1S(=O)(=O)NC(C)C. The minimum absolute atomic E-state index is 0.0983. The molecule has 13 heavy (non-hydrogen) atoms. The molecule has 1 N–H and O–H groups in total. The summed E-state index contributed by atoms with van der Waals surface area (Å²) in [5.74, 6) is 0.299. The van der Waals surface area contributed by atoms with Crippen molar-refractivity contribution in [1.29, 1.82) is 0 Å². The number of hydrogen-bond donors (Lipinski definition) is 1. The van der Waals surface area contributed by atoms with E-state index >= 15 is 0 Å². The Morgan fingerprint density at radius 3 is 2.54 bits per heavy atom. The number of aryl methyl sites for hydroxylation is 1. The molecule has 0 aliphatic rings.